The molecule has 0 radical (unpaired) electrons. The Balaban J connectivity index is 1.53. The second-order valence-corrected chi connectivity index (χ2v) is 6.02. The van der Waals surface area contributed by atoms with E-state index in [1.165, 1.54) is 24.3 Å². The third kappa shape index (κ3) is 4.25. The van der Waals surface area contributed by atoms with Gasteiger partial charge in [0.1, 0.15) is 11.9 Å². The molecule has 136 valence electrons. The minimum atomic E-state index is -2.89. The number of hydrogen-bond acceptors (Lipinski definition) is 4. The van der Waals surface area contributed by atoms with Crippen molar-refractivity contribution in [2.45, 2.75) is 25.6 Å². The van der Waals surface area contributed by atoms with Gasteiger partial charge in [-0.3, -0.25) is 9.59 Å². The lowest BCUT2D eigenvalue weighted by Gasteiger charge is -2.35. The lowest BCUT2D eigenvalue weighted by Crippen LogP contribution is -2.52. The maximum absolute atomic E-state index is 12.5. The summed E-state index contributed by atoms with van der Waals surface area (Å²) in [5.41, 5.74) is 0.403. The molecule has 1 aromatic carbocycles. The minimum absolute atomic E-state index is 0.00176. The maximum Gasteiger partial charge on any atom is 0.387 e. The van der Waals surface area contributed by atoms with E-state index in [0.717, 1.165) is 12.8 Å². The third-order valence-electron chi connectivity index (χ3n) is 4.41. The van der Waals surface area contributed by atoms with Crippen LogP contribution in [0.25, 0.3) is 0 Å². The van der Waals surface area contributed by atoms with Crippen molar-refractivity contribution in [3.8, 4) is 5.75 Å². The maximum atomic E-state index is 12.5. The van der Waals surface area contributed by atoms with Crippen LogP contribution in [0.4, 0.5) is 8.78 Å². The van der Waals surface area contributed by atoms with E-state index < -0.39 is 6.61 Å². The summed E-state index contributed by atoms with van der Waals surface area (Å²) in [4.78, 5) is 28.2. The molecular weight excluding hydrogens is 334 g/mol. The number of amides is 2. The molecule has 2 saturated heterocycles. The van der Waals surface area contributed by atoms with E-state index in [-0.39, 0.29) is 23.7 Å². The molecule has 25 heavy (non-hydrogen) atoms. The Morgan fingerprint density at radius 2 is 1.72 bits per heavy atom. The van der Waals surface area contributed by atoms with Crippen LogP contribution in [0.3, 0.4) is 0 Å². The predicted molar refractivity (Wildman–Crippen MR) is 84.5 cm³/mol. The van der Waals surface area contributed by atoms with Gasteiger partial charge in [0.25, 0.3) is 11.8 Å². The fourth-order valence-electron chi connectivity index (χ4n) is 3.07. The van der Waals surface area contributed by atoms with E-state index in [4.69, 9.17) is 4.74 Å². The fraction of sp³-hybridized carbons (Fsp3) is 0.529. The molecule has 2 aliphatic rings. The van der Waals surface area contributed by atoms with Crippen LogP contribution < -0.4 is 4.74 Å². The molecule has 0 saturated carbocycles. The number of piperazine rings is 1. The van der Waals surface area contributed by atoms with Gasteiger partial charge in [0, 0.05) is 38.3 Å². The molecular formula is C17H20F2N2O4. The molecule has 6 nitrogen and oxygen atoms in total. The number of hydrogen-bond donors (Lipinski definition) is 0. The molecule has 0 aromatic heterocycles. The van der Waals surface area contributed by atoms with Crippen LogP contribution in [0, 0.1) is 0 Å². The Labute approximate surface area is 144 Å². The molecule has 8 heteroatoms. The first-order chi connectivity index (χ1) is 12.0. The van der Waals surface area contributed by atoms with E-state index in [1.807, 2.05) is 0 Å². The van der Waals surface area contributed by atoms with Gasteiger partial charge in [-0.1, -0.05) is 0 Å². The third-order valence-corrected chi connectivity index (χ3v) is 4.41. The van der Waals surface area contributed by atoms with Crippen LogP contribution in [-0.2, 0) is 9.53 Å². The molecule has 1 aromatic rings. The second kappa shape index (κ2) is 7.77. The van der Waals surface area contributed by atoms with Gasteiger partial charge in [-0.25, -0.2) is 0 Å². The number of carbonyl (C=O) groups is 2. The summed E-state index contributed by atoms with van der Waals surface area (Å²) in [5.74, 6) is -0.176. The molecule has 1 unspecified atom stereocenters. The SMILES string of the molecule is O=C(c1ccc(OC(F)F)cc1)N1CCN(C(=O)C2CCCO2)CC1. The summed E-state index contributed by atoms with van der Waals surface area (Å²) in [6, 6.07) is 5.61. The Hall–Kier alpha value is -2.22. The van der Waals surface area contributed by atoms with E-state index in [0.29, 0.717) is 38.3 Å². The summed E-state index contributed by atoms with van der Waals surface area (Å²) < 4.78 is 34.0. The van der Waals surface area contributed by atoms with Gasteiger partial charge >= 0.3 is 6.61 Å². The van der Waals surface area contributed by atoms with E-state index in [2.05, 4.69) is 4.74 Å². The molecule has 2 fully saturated rings. The van der Waals surface area contributed by atoms with Gasteiger partial charge in [0.05, 0.1) is 0 Å². The summed E-state index contributed by atoms with van der Waals surface area (Å²) in [6.07, 6.45) is 1.31. The normalized spacial score (nSPS) is 20.8. The zero-order chi connectivity index (χ0) is 17.8. The van der Waals surface area contributed by atoms with Crippen LogP contribution in [-0.4, -0.2) is 67.1 Å². The molecule has 0 aliphatic carbocycles. The Morgan fingerprint density at radius 1 is 1.08 bits per heavy atom. The molecule has 3 rings (SSSR count). The zero-order valence-corrected chi connectivity index (χ0v) is 13.7. The van der Waals surface area contributed by atoms with Crippen molar-refractivity contribution >= 4 is 11.8 Å². The summed E-state index contributed by atoms with van der Waals surface area (Å²) >= 11 is 0. The Morgan fingerprint density at radius 3 is 2.28 bits per heavy atom. The lowest BCUT2D eigenvalue weighted by molar-refractivity contribution is -0.142. The number of carbonyl (C=O) groups excluding carboxylic acids is 2. The standard InChI is InChI=1S/C17H20F2N2O4/c18-17(19)25-13-5-3-12(4-6-13)15(22)20-7-9-21(10-8-20)16(23)14-2-1-11-24-14/h3-6,14,17H,1-2,7-11H2. The quantitative estimate of drug-likeness (QED) is 0.827. The van der Waals surface area contributed by atoms with E-state index in [1.54, 1.807) is 9.80 Å². The first-order valence-electron chi connectivity index (χ1n) is 8.29. The Kier molecular flexibility index (Phi) is 5.47. The fourth-order valence-corrected chi connectivity index (χ4v) is 3.07. The number of rotatable bonds is 4. The largest absolute Gasteiger partial charge is 0.435 e. The molecule has 2 aliphatic heterocycles. The van der Waals surface area contributed by atoms with Gasteiger partial charge in [-0.2, -0.15) is 8.78 Å². The van der Waals surface area contributed by atoms with Gasteiger partial charge in [-0.05, 0) is 37.1 Å². The molecule has 2 heterocycles. The van der Waals surface area contributed by atoms with Crippen LogP contribution >= 0.6 is 0 Å². The number of halogens is 2. The molecule has 0 bridgehead atoms. The lowest BCUT2D eigenvalue weighted by atomic mass is 10.1. The van der Waals surface area contributed by atoms with Crippen LogP contribution in [0.15, 0.2) is 24.3 Å². The zero-order valence-electron chi connectivity index (χ0n) is 13.7. The summed E-state index contributed by atoms with van der Waals surface area (Å²) in [7, 11) is 0. The number of nitrogens with zero attached hydrogens (tertiary/aromatic N) is 2. The van der Waals surface area contributed by atoms with Crippen LogP contribution in [0.1, 0.15) is 23.2 Å². The Bertz CT molecular complexity index is 610. The summed E-state index contributed by atoms with van der Waals surface area (Å²) in [5, 5.41) is 0. The minimum Gasteiger partial charge on any atom is -0.435 e. The van der Waals surface area contributed by atoms with Crippen LogP contribution in [0.2, 0.25) is 0 Å². The topological polar surface area (TPSA) is 59.1 Å². The molecule has 0 spiro atoms. The highest BCUT2D eigenvalue weighted by molar-refractivity contribution is 5.94. The van der Waals surface area contributed by atoms with Crippen molar-refractivity contribution in [1.29, 1.82) is 0 Å². The van der Waals surface area contributed by atoms with Gasteiger partial charge in [0.15, 0.2) is 0 Å². The number of alkyl halides is 2. The highest BCUT2D eigenvalue weighted by Crippen LogP contribution is 2.18. The van der Waals surface area contributed by atoms with E-state index >= 15 is 0 Å². The van der Waals surface area contributed by atoms with Crippen LogP contribution in [0.5, 0.6) is 5.75 Å². The first-order valence-corrected chi connectivity index (χ1v) is 8.29. The van der Waals surface area contributed by atoms with Crippen molar-refractivity contribution in [1.82, 2.24) is 9.80 Å². The average Bonchev–Trinajstić information content (AvgIpc) is 3.15. The van der Waals surface area contributed by atoms with Crippen molar-refractivity contribution in [3.05, 3.63) is 29.8 Å². The molecule has 0 N–H and O–H groups in total. The molecule has 1 atom stereocenters. The smallest absolute Gasteiger partial charge is 0.387 e. The number of ether oxygens (including phenoxy) is 2. The average molecular weight is 354 g/mol. The van der Waals surface area contributed by atoms with Crippen molar-refractivity contribution < 1.29 is 27.8 Å². The van der Waals surface area contributed by atoms with Gasteiger partial charge in [0.2, 0.25) is 0 Å². The summed E-state index contributed by atoms with van der Waals surface area (Å²) in [6.45, 7) is -0.455. The van der Waals surface area contributed by atoms with Crippen molar-refractivity contribution in [2.24, 2.45) is 0 Å². The highest BCUT2D eigenvalue weighted by atomic mass is 19.3. The van der Waals surface area contributed by atoms with Crippen molar-refractivity contribution in [2.75, 3.05) is 32.8 Å². The molecule has 2 amide bonds. The van der Waals surface area contributed by atoms with Crippen molar-refractivity contribution in [3.63, 3.8) is 0 Å². The van der Waals surface area contributed by atoms with E-state index in [9.17, 15) is 18.4 Å². The first kappa shape index (κ1) is 17.6. The van der Waals surface area contributed by atoms with Gasteiger partial charge < -0.3 is 19.3 Å². The van der Waals surface area contributed by atoms with Gasteiger partial charge in [-0.15, -0.1) is 0 Å². The number of benzene rings is 1. The second-order valence-electron chi connectivity index (χ2n) is 6.02. The predicted octanol–water partition coefficient (Wildman–Crippen LogP) is 1.75. The highest BCUT2D eigenvalue weighted by Gasteiger charge is 2.31. The monoisotopic (exact) mass is 354 g/mol.